The van der Waals surface area contributed by atoms with Crippen LogP contribution in [-0.4, -0.2) is 114 Å². The van der Waals surface area contributed by atoms with Crippen molar-refractivity contribution in [2.75, 3.05) is 38.7 Å². The Hall–Kier alpha value is -3.35. The normalized spacial score (nSPS) is 22.9. The van der Waals surface area contributed by atoms with E-state index in [0.29, 0.717) is 20.3 Å². The van der Waals surface area contributed by atoms with Crippen LogP contribution in [0, 0.1) is 0 Å². The van der Waals surface area contributed by atoms with E-state index < -0.39 is 40.6 Å². The summed E-state index contributed by atoms with van der Waals surface area (Å²) in [5, 5.41) is 78.3. The lowest BCUT2D eigenvalue weighted by Gasteiger charge is -2.52. The largest absolute Gasteiger partial charge is 0.381 e. The maximum absolute atomic E-state index is 12.6. The molecule has 0 bridgehead atoms. The summed E-state index contributed by atoms with van der Waals surface area (Å²) in [6, 6.07) is 11.5. The third-order valence-corrected chi connectivity index (χ3v) is 7.36. The van der Waals surface area contributed by atoms with Crippen molar-refractivity contribution in [3.05, 3.63) is 64.7 Å². The second-order valence-corrected chi connectivity index (χ2v) is 9.94. The molecule has 2 aliphatic heterocycles. The Kier molecular flexibility index (Phi) is 8.32. The SMILES string of the molecule is CN(C(O)(O)c1c(C=O)cccc1NCc1ccc(CN2CCOCC2)cc1)C1(O)C(=O)NC(=O)C(O)(O)C1(O)O. The number of ether oxygens (including phenoxy) is 1. The number of likely N-dealkylation sites (N-methyl/N-ethyl adjacent to an activating group) is 1. The van der Waals surface area contributed by atoms with Gasteiger partial charge < -0.3 is 45.8 Å². The van der Waals surface area contributed by atoms with Crippen LogP contribution in [0.5, 0.6) is 0 Å². The number of anilines is 1. The number of hydrogen-bond acceptors (Lipinski definition) is 14. The molecule has 1 unspecified atom stereocenters. The fourth-order valence-corrected chi connectivity index (χ4v) is 4.78. The Labute approximate surface area is 233 Å². The van der Waals surface area contributed by atoms with Gasteiger partial charge in [0.1, 0.15) is 0 Å². The van der Waals surface area contributed by atoms with Crippen molar-refractivity contribution in [3.8, 4) is 0 Å². The molecule has 15 nitrogen and oxygen atoms in total. The van der Waals surface area contributed by atoms with Crippen LogP contribution in [-0.2, 0) is 33.3 Å². The molecule has 0 aliphatic carbocycles. The second kappa shape index (κ2) is 11.1. The highest BCUT2D eigenvalue weighted by atomic mass is 16.6. The number of carbonyl (C=O) groups is 3. The first kappa shape index (κ1) is 30.6. The lowest BCUT2D eigenvalue weighted by atomic mass is 9.85. The molecule has 2 saturated heterocycles. The van der Waals surface area contributed by atoms with Crippen molar-refractivity contribution in [3.63, 3.8) is 0 Å². The van der Waals surface area contributed by atoms with Gasteiger partial charge in [-0.25, -0.2) is 4.90 Å². The van der Waals surface area contributed by atoms with Gasteiger partial charge in [-0.1, -0.05) is 36.4 Å². The van der Waals surface area contributed by atoms with E-state index in [9.17, 15) is 50.1 Å². The first-order chi connectivity index (χ1) is 19.2. The molecule has 9 N–H and O–H groups in total. The van der Waals surface area contributed by atoms with Crippen LogP contribution >= 0.6 is 0 Å². The van der Waals surface area contributed by atoms with Crippen LogP contribution in [0.3, 0.4) is 0 Å². The standard InChI is InChI=1S/C26H32N4O11/c1-29(23(34)21(32)28-22(33)24(35,36)26(23,39)40)25(37,38)20-18(15-31)3-2-4-19(20)27-13-16-5-7-17(8-6-16)14-30-9-11-41-12-10-30/h2-8,15,27,34-40H,9-14H2,1H3,(H,28,32,33). The van der Waals surface area contributed by atoms with Gasteiger partial charge in [0.15, 0.2) is 6.29 Å². The number of nitrogens with zero attached hydrogens (tertiary/aromatic N) is 2. The molecule has 0 spiro atoms. The number of hydrogen-bond donors (Lipinski definition) is 9. The summed E-state index contributed by atoms with van der Waals surface area (Å²) in [6.07, 6.45) is 0.248. The number of nitrogens with one attached hydrogen (secondary N) is 2. The summed E-state index contributed by atoms with van der Waals surface area (Å²) in [5.41, 5.74) is -3.14. The summed E-state index contributed by atoms with van der Waals surface area (Å²) in [5.74, 6) is -16.0. The first-order valence-electron chi connectivity index (χ1n) is 12.5. The van der Waals surface area contributed by atoms with Gasteiger partial charge in [0, 0.05) is 37.4 Å². The quantitative estimate of drug-likeness (QED) is 0.0808. The summed E-state index contributed by atoms with van der Waals surface area (Å²) in [4.78, 5) is 38.4. The van der Waals surface area contributed by atoms with Crippen molar-refractivity contribution >= 4 is 23.8 Å². The molecule has 4 rings (SSSR count). The number of amides is 2. The predicted octanol–water partition coefficient (Wildman–Crippen LogP) is -3.32. The fourth-order valence-electron chi connectivity index (χ4n) is 4.78. The van der Waals surface area contributed by atoms with Gasteiger partial charge in [-0.2, -0.15) is 0 Å². The highest BCUT2D eigenvalue weighted by Crippen LogP contribution is 2.42. The molecule has 2 aromatic carbocycles. The van der Waals surface area contributed by atoms with Crippen molar-refractivity contribution in [1.29, 1.82) is 0 Å². The average Bonchev–Trinajstić information content (AvgIpc) is 2.95. The van der Waals surface area contributed by atoms with Crippen LogP contribution in [0.1, 0.15) is 27.0 Å². The predicted molar refractivity (Wildman–Crippen MR) is 138 cm³/mol. The lowest BCUT2D eigenvalue weighted by Crippen LogP contribution is -2.86. The van der Waals surface area contributed by atoms with Crippen molar-refractivity contribution in [1.82, 2.24) is 15.1 Å². The summed E-state index contributed by atoms with van der Waals surface area (Å²) in [7, 11) is 0.616. The summed E-state index contributed by atoms with van der Waals surface area (Å²) >= 11 is 0. The molecule has 15 heteroatoms. The summed E-state index contributed by atoms with van der Waals surface area (Å²) in [6.45, 7) is 3.87. The van der Waals surface area contributed by atoms with Crippen molar-refractivity contribution in [2.24, 2.45) is 0 Å². The van der Waals surface area contributed by atoms with Crippen molar-refractivity contribution < 1.29 is 54.9 Å². The van der Waals surface area contributed by atoms with Gasteiger partial charge in [0.05, 0.1) is 18.8 Å². The third kappa shape index (κ3) is 5.24. The molecule has 1 atom stereocenters. The number of rotatable bonds is 9. The Bertz CT molecular complexity index is 1310. The van der Waals surface area contributed by atoms with E-state index in [1.165, 1.54) is 23.5 Å². The third-order valence-electron chi connectivity index (χ3n) is 7.36. The number of carbonyl (C=O) groups excluding carboxylic acids is 3. The van der Waals surface area contributed by atoms with Crippen molar-refractivity contribution in [2.45, 2.75) is 36.3 Å². The minimum absolute atomic E-state index is 0.0690. The minimum atomic E-state index is -4.38. The maximum atomic E-state index is 12.6. The van der Waals surface area contributed by atoms with Crippen LogP contribution in [0.4, 0.5) is 5.69 Å². The first-order valence-corrected chi connectivity index (χ1v) is 12.5. The van der Waals surface area contributed by atoms with Gasteiger partial charge in [0.25, 0.3) is 29.2 Å². The van der Waals surface area contributed by atoms with E-state index in [1.807, 2.05) is 24.3 Å². The van der Waals surface area contributed by atoms with Crippen LogP contribution in [0.2, 0.25) is 0 Å². The Morgan fingerprint density at radius 3 is 2.22 bits per heavy atom. The monoisotopic (exact) mass is 576 g/mol. The summed E-state index contributed by atoms with van der Waals surface area (Å²) < 4.78 is 5.36. The molecular formula is C26H32N4O11. The van der Waals surface area contributed by atoms with Crippen LogP contribution in [0.15, 0.2) is 42.5 Å². The molecule has 2 amide bonds. The van der Waals surface area contributed by atoms with E-state index in [-0.39, 0.29) is 29.0 Å². The zero-order valence-corrected chi connectivity index (χ0v) is 22.0. The molecule has 2 fully saturated rings. The molecule has 2 aliphatic rings. The highest BCUT2D eigenvalue weighted by Gasteiger charge is 2.76. The topological polar surface area (TPSA) is 233 Å². The average molecular weight is 577 g/mol. The minimum Gasteiger partial charge on any atom is -0.381 e. The zero-order chi connectivity index (χ0) is 30.2. The molecule has 2 heterocycles. The van der Waals surface area contributed by atoms with E-state index in [0.717, 1.165) is 30.8 Å². The Balaban J connectivity index is 1.61. The Morgan fingerprint density at radius 1 is 1.00 bits per heavy atom. The molecular weight excluding hydrogens is 544 g/mol. The van der Waals surface area contributed by atoms with Crippen LogP contribution < -0.4 is 10.6 Å². The number of aldehydes is 1. The van der Waals surface area contributed by atoms with Gasteiger partial charge in [-0.3, -0.25) is 24.6 Å². The fraction of sp³-hybridized carbons (Fsp3) is 0.423. The molecule has 2 aromatic rings. The molecule has 222 valence electrons. The molecule has 0 aromatic heterocycles. The van der Waals surface area contributed by atoms with E-state index in [1.54, 1.807) is 0 Å². The smallest absolute Gasteiger partial charge is 0.306 e. The number of imide groups is 1. The van der Waals surface area contributed by atoms with E-state index in [2.05, 4.69) is 10.2 Å². The van der Waals surface area contributed by atoms with E-state index in [4.69, 9.17) is 4.74 Å². The number of piperidine rings is 1. The second-order valence-electron chi connectivity index (χ2n) is 9.94. The number of benzene rings is 2. The molecule has 41 heavy (non-hydrogen) atoms. The molecule has 0 saturated carbocycles. The zero-order valence-electron chi connectivity index (χ0n) is 22.0. The van der Waals surface area contributed by atoms with Gasteiger partial charge in [0.2, 0.25) is 0 Å². The number of aliphatic hydroxyl groups is 7. The number of morpholine rings is 1. The maximum Gasteiger partial charge on any atom is 0.306 e. The lowest BCUT2D eigenvalue weighted by molar-refractivity contribution is -0.441. The highest BCUT2D eigenvalue weighted by molar-refractivity contribution is 6.06. The van der Waals surface area contributed by atoms with Gasteiger partial charge in [-0.15, -0.1) is 0 Å². The Morgan fingerprint density at radius 2 is 1.61 bits per heavy atom. The molecule has 0 radical (unpaired) electrons. The van der Waals surface area contributed by atoms with Gasteiger partial charge in [-0.05, 0) is 24.2 Å². The van der Waals surface area contributed by atoms with Gasteiger partial charge >= 0.3 is 5.79 Å². The van der Waals surface area contributed by atoms with E-state index >= 15 is 0 Å². The van der Waals surface area contributed by atoms with Crippen LogP contribution in [0.25, 0.3) is 0 Å².